The fourth-order valence-corrected chi connectivity index (χ4v) is 3.75. The van der Waals surface area contributed by atoms with E-state index in [1.54, 1.807) is 6.92 Å². The molecule has 0 spiro atoms. The van der Waals surface area contributed by atoms with Crippen molar-refractivity contribution < 1.29 is 28.5 Å². The van der Waals surface area contributed by atoms with Crippen LogP contribution in [-0.2, 0) is 22.6 Å². The molecular formula is C27H33NO6. The zero-order valence-electron chi connectivity index (χ0n) is 20.7. The Morgan fingerprint density at radius 1 is 1.06 bits per heavy atom. The fraction of sp³-hybridized carbons (Fsp3) is 0.407. The molecule has 34 heavy (non-hydrogen) atoms. The van der Waals surface area contributed by atoms with Gasteiger partial charge in [0, 0.05) is 18.6 Å². The SMILES string of the molecule is CCO[C@@H](Cc1c(C)cc(OCc2nc(-c3ccc(OC(C)C)cc3)oc2C)cc1C)C(=O)O. The van der Waals surface area contributed by atoms with Gasteiger partial charge in [0.05, 0.1) is 6.10 Å². The van der Waals surface area contributed by atoms with Gasteiger partial charge in [0.25, 0.3) is 0 Å². The third-order valence-corrected chi connectivity index (χ3v) is 5.44. The molecule has 1 heterocycles. The predicted octanol–water partition coefficient (Wildman–Crippen LogP) is 5.67. The molecule has 0 aliphatic heterocycles. The molecule has 2 aromatic carbocycles. The minimum atomic E-state index is -0.958. The first-order valence-corrected chi connectivity index (χ1v) is 11.5. The van der Waals surface area contributed by atoms with Gasteiger partial charge in [-0.1, -0.05) is 0 Å². The Kier molecular flexibility index (Phi) is 8.34. The van der Waals surface area contributed by atoms with E-state index in [0.29, 0.717) is 30.4 Å². The number of nitrogens with zero attached hydrogens (tertiary/aromatic N) is 1. The number of benzene rings is 2. The third-order valence-electron chi connectivity index (χ3n) is 5.44. The van der Waals surface area contributed by atoms with Gasteiger partial charge in [-0.05, 0) is 94.6 Å². The van der Waals surface area contributed by atoms with Gasteiger partial charge in [0.1, 0.15) is 29.6 Å². The number of carboxylic acids is 1. The first-order valence-electron chi connectivity index (χ1n) is 11.5. The predicted molar refractivity (Wildman–Crippen MR) is 129 cm³/mol. The molecule has 0 aliphatic carbocycles. The summed E-state index contributed by atoms with van der Waals surface area (Å²) in [6, 6.07) is 11.5. The van der Waals surface area contributed by atoms with Crippen LogP contribution in [-0.4, -0.2) is 34.9 Å². The Morgan fingerprint density at radius 2 is 1.71 bits per heavy atom. The number of carboxylic acid groups (broad SMARTS) is 1. The van der Waals surface area contributed by atoms with Gasteiger partial charge in [-0.25, -0.2) is 9.78 Å². The van der Waals surface area contributed by atoms with Crippen molar-refractivity contribution >= 4 is 5.97 Å². The van der Waals surface area contributed by atoms with Crippen molar-refractivity contribution in [1.29, 1.82) is 0 Å². The topological polar surface area (TPSA) is 91.0 Å². The van der Waals surface area contributed by atoms with E-state index in [1.165, 1.54) is 0 Å². The van der Waals surface area contributed by atoms with E-state index in [9.17, 15) is 9.90 Å². The lowest BCUT2D eigenvalue weighted by atomic mass is 9.97. The van der Waals surface area contributed by atoms with Crippen LogP contribution in [0.3, 0.4) is 0 Å². The summed E-state index contributed by atoms with van der Waals surface area (Å²) in [5, 5.41) is 9.40. The molecule has 0 bridgehead atoms. The van der Waals surface area contributed by atoms with E-state index >= 15 is 0 Å². The second kappa shape index (κ2) is 11.2. The van der Waals surface area contributed by atoms with E-state index in [-0.39, 0.29) is 12.7 Å². The molecule has 3 aromatic rings. The maximum atomic E-state index is 11.5. The number of hydrogen-bond donors (Lipinski definition) is 1. The Bertz CT molecular complexity index is 1090. The molecule has 0 fully saturated rings. The summed E-state index contributed by atoms with van der Waals surface area (Å²) in [5.41, 5.74) is 4.46. The van der Waals surface area contributed by atoms with E-state index in [1.807, 2.05) is 71.0 Å². The van der Waals surface area contributed by atoms with Crippen LogP contribution in [0.1, 0.15) is 48.9 Å². The van der Waals surface area contributed by atoms with Crippen molar-refractivity contribution in [2.75, 3.05) is 6.61 Å². The highest BCUT2D eigenvalue weighted by atomic mass is 16.5. The van der Waals surface area contributed by atoms with Gasteiger partial charge in [0.15, 0.2) is 6.10 Å². The molecule has 1 N–H and O–H groups in total. The summed E-state index contributed by atoms with van der Waals surface area (Å²) in [6.45, 7) is 12.1. The second-order valence-electron chi connectivity index (χ2n) is 8.52. The normalized spacial score (nSPS) is 12.1. The van der Waals surface area contributed by atoms with Crippen LogP contribution in [0, 0.1) is 20.8 Å². The van der Waals surface area contributed by atoms with Crippen LogP contribution in [0.4, 0.5) is 0 Å². The number of aliphatic carboxylic acids is 1. The van der Waals surface area contributed by atoms with Crippen LogP contribution in [0.5, 0.6) is 11.5 Å². The van der Waals surface area contributed by atoms with E-state index in [0.717, 1.165) is 33.7 Å². The Hall–Kier alpha value is -3.32. The molecule has 7 heteroatoms. The Labute approximate surface area is 200 Å². The minimum Gasteiger partial charge on any atom is -0.491 e. The molecule has 0 unspecified atom stereocenters. The van der Waals surface area contributed by atoms with Crippen LogP contribution < -0.4 is 9.47 Å². The van der Waals surface area contributed by atoms with Gasteiger partial charge in [-0.3, -0.25) is 0 Å². The molecule has 7 nitrogen and oxygen atoms in total. The number of carbonyl (C=O) groups is 1. The molecule has 1 aromatic heterocycles. The smallest absolute Gasteiger partial charge is 0.333 e. The molecule has 3 rings (SSSR count). The molecule has 0 amide bonds. The fourth-order valence-electron chi connectivity index (χ4n) is 3.75. The van der Waals surface area contributed by atoms with Gasteiger partial charge >= 0.3 is 5.97 Å². The number of oxazole rings is 1. The minimum absolute atomic E-state index is 0.114. The third kappa shape index (κ3) is 6.38. The Balaban J connectivity index is 1.70. The van der Waals surface area contributed by atoms with Gasteiger partial charge in [0.2, 0.25) is 5.89 Å². The van der Waals surface area contributed by atoms with Crippen molar-refractivity contribution in [3.63, 3.8) is 0 Å². The van der Waals surface area contributed by atoms with Crippen molar-refractivity contribution in [2.24, 2.45) is 0 Å². The molecule has 0 saturated carbocycles. The first-order chi connectivity index (χ1) is 16.2. The average Bonchev–Trinajstić information content (AvgIpc) is 3.14. The average molecular weight is 468 g/mol. The summed E-state index contributed by atoms with van der Waals surface area (Å²) in [6.07, 6.45) is -0.437. The number of aromatic nitrogens is 1. The Morgan fingerprint density at radius 3 is 2.26 bits per heavy atom. The molecule has 0 radical (unpaired) electrons. The summed E-state index contributed by atoms with van der Waals surface area (Å²) < 4.78 is 22.9. The largest absolute Gasteiger partial charge is 0.491 e. The molecule has 0 saturated heterocycles. The quantitative estimate of drug-likeness (QED) is 0.389. The second-order valence-corrected chi connectivity index (χ2v) is 8.52. The lowest BCUT2D eigenvalue weighted by Crippen LogP contribution is -2.27. The lowest BCUT2D eigenvalue weighted by molar-refractivity contribution is -0.149. The van der Waals surface area contributed by atoms with Crippen LogP contribution >= 0.6 is 0 Å². The van der Waals surface area contributed by atoms with Crippen LogP contribution in [0.25, 0.3) is 11.5 Å². The monoisotopic (exact) mass is 467 g/mol. The number of rotatable bonds is 11. The highest BCUT2D eigenvalue weighted by Crippen LogP contribution is 2.27. The highest BCUT2D eigenvalue weighted by molar-refractivity contribution is 5.73. The molecule has 1 atom stereocenters. The van der Waals surface area contributed by atoms with Gasteiger partial charge in [-0.2, -0.15) is 0 Å². The molecule has 0 aliphatic rings. The number of hydrogen-bond acceptors (Lipinski definition) is 6. The van der Waals surface area contributed by atoms with Gasteiger partial charge in [-0.15, -0.1) is 0 Å². The first kappa shape index (κ1) is 25.3. The number of ether oxygens (including phenoxy) is 3. The standard InChI is InChI=1S/C27H33NO6/c1-7-31-25(27(29)30)14-23-17(4)12-22(13-18(23)5)32-15-24-19(6)34-26(28-24)20-8-10-21(11-9-20)33-16(2)3/h8-13,16,25H,7,14-15H2,1-6H3,(H,29,30)/t25-/m0/s1. The maximum Gasteiger partial charge on any atom is 0.333 e. The summed E-state index contributed by atoms with van der Waals surface area (Å²) in [5.74, 6) is 1.77. The van der Waals surface area contributed by atoms with E-state index in [4.69, 9.17) is 18.6 Å². The lowest BCUT2D eigenvalue weighted by Gasteiger charge is -2.17. The van der Waals surface area contributed by atoms with Crippen LogP contribution in [0.15, 0.2) is 40.8 Å². The maximum absolute atomic E-state index is 11.5. The van der Waals surface area contributed by atoms with Crippen molar-refractivity contribution in [3.8, 4) is 23.0 Å². The van der Waals surface area contributed by atoms with Gasteiger partial charge < -0.3 is 23.7 Å². The zero-order valence-corrected chi connectivity index (χ0v) is 20.7. The highest BCUT2D eigenvalue weighted by Gasteiger charge is 2.21. The summed E-state index contributed by atoms with van der Waals surface area (Å²) in [4.78, 5) is 16.1. The molecular weight excluding hydrogens is 434 g/mol. The summed E-state index contributed by atoms with van der Waals surface area (Å²) >= 11 is 0. The zero-order chi connectivity index (χ0) is 24.8. The van der Waals surface area contributed by atoms with Crippen LogP contribution in [0.2, 0.25) is 0 Å². The van der Waals surface area contributed by atoms with E-state index < -0.39 is 12.1 Å². The van der Waals surface area contributed by atoms with E-state index in [2.05, 4.69) is 4.98 Å². The van der Waals surface area contributed by atoms with Crippen molar-refractivity contribution in [2.45, 2.75) is 66.8 Å². The van der Waals surface area contributed by atoms with Crippen molar-refractivity contribution in [3.05, 3.63) is 64.5 Å². The number of aryl methyl sites for hydroxylation is 3. The molecule has 182 valence electrons. The van der Waals surface area contributed by atoms with Crippen molar-refractivity contribution in [1.82, 2.24) is 4.98 Å². The summed E-state index contributed by atoms with van der Waals surface area (Å²) in [7, 11) is 0.